The second-order valence-corrected chi connectivity index (χ2v) is 3.63. The molecule has 0 heterocycles. The van der Waals surface area contributed by atoms with Gasteiger partial charge in [0, 0.05) is 0 Å². The zero-order valence-electron chi connectivity index (χ0n) is 12.0. The molecule has 2 heteroatoms. The van der Waals surface area contributed by atoms with Crippen LogP contribution in [0.15, 0.2) is 84.9 Å². The summed E-state index contributed by atoms with van der Waals surface area (Å²) >= 11 is 0. The van der Waals surface area contributed by atoms with Crippen LogP contribution in [0.4, 0.5) is 0 Å². The predicted molar refractivity (Wildman–Crippen MR) is 82.6 cm³/mol. The molecule has 0 saturated heterocycles. The minimum Gasteiger partial charge on any atom is -0.497 e. The van der Waals surface area contributed by atoms with Crippen LogP contribution >= 0.6 is 0 Å². The van der Waals surface area contributed by atoms with E-state index in [2.05, 4.69) is 19.7 Å². The summed E-state index contributed by atoms with van der Waals surface area (Å²) in [6, 6.07) is 0. The Morgan fingerprint density at radius 1 is 0.737 bits per heavy atom. The van der Waals surface area contributed by atoms with Gasteiger partial charge in [-0.1, -0.05) is 38.0 Å². The minimum absolute atomic E-state index is 0.700. The molecule has 0 aromatic carbocycles. The van der Waals surface area contributed by atoms with E-state index in [1.807, 2.05) is 31.2 Å². The Morgan fingerprint density at radius 2 is 1.21 bits per heavy atom. The molecule has 0 saturated carbocycles. The van der Waals surface area contributed by atoms with Crippen LogP contribution in [0.2, 0.25) is 0 Å². The van der Waals surface area contributed by atoms with Crippen LogP contribution in [0.1, 0.15) is 6.92 Å². The van der Waals surface area contributed by atoms with Crippen molar-refractivity contribution in [1.82, 2.24) is 0 Å². The van der Waals surface area contributed by atoms with Crippen LogP contribution in [0.5, 0.6) is 0 Å². The van der Waals surface area contributed by atoms with E-state index in [0.29, 0.717) is 11.5 Å². The third kappa shape index (κ3) is 6.32. The van der Waals surface area contributed by atoms with Crippen molar-refractivity contribution in [2.75, 3.05) is 14.2 Å². The van der Waals surface area contributed by atoms with Gasteiger partial charge in [-0.15, -0.1) is 0 Å². The lowest BCUT2D eigenvalue weighted by atomic mass is 10.1. The highest BCUT2D eigenvalue weighted by atomic mass is 16.5. The quantitative estimate of drug-likeness (QED) is 0.472. The summed E-state index contributed by atoms with van der Waals surface area (Å²) in [5.74, 6) is 1.41. The predicted octanol–water partition coefficient (Wildman–Crippen LogP) is 4.48. The molecule has 0 fully saturated rings. The maximum absolute atomic E-state index is 5.11. The fraction of sp³-hybridized carbons (Fsp3) is 0.176. The van der Waals surface area contributed by atoms with Crippen molar-refractivity contribution in [2.45, 2.75) is 6.92 Å². The smallest absolute Gasteiger partial charge is 0.118 e. The molecule has 0 N–H and O–H groups in total. The second kappa shape index (κ2) is 9.77. The molecule has 0 aliphatic heterocycles. The molecule has 0 aliphatic rings. The maximum atomic E-state index is 5.11. The van der Waals surface area contributed by atoms with E-state index < -0.39 is 0 Å². The zero-order valence-corrected chi connectivity index (χ0v) is 12.0. The molecule has 0 spiro atoms. The fourth-order valence-electron chi connectivity index (χ4n) is 1.27. The molecule has 0 atom stereocenters. The Labute approximate surface area is 116 Å². The molecule has 0 aromatic heterocycles. The normalized spacial score (nSPS) is 13.8. The first-order valence-electron chi connectivity index (χ1n) is 5.89. The second-order valence-electron chi connectivity index (χ2n) is 3.63. The Balaban J connectivity index is 5.21. The van der Waals surface area contributed by atoms with Gasteiger partial charge >= 0.3 is 0 Å². The summed E-state index contributed by atoms with van der Waals surface area (Å²) < 4.78 is 10.2. The first kappa shape index (κ1) is 16.8. The van der Waals surface area contributed by atoms with Crippen molar-refractivity contribution in [2.24, 2.45) is 0 Å². The molecule has 102 valence electrons. The van der Waals surface area contributed by atoms with Crippen LogP contribution in [0, 0.1) is 0 Å². The molecule has 0 aliphatic carbocycles. The number of hydrogen-bond donors (Lipinski definition) is 0. The van der Waals surface area contributed by atoms with Crippen molar-refractivity contribution in [3.63, 3.8) is 0 Å². The van der Waals surface area contributed by atoms with Crippen molar-refractivity contribution in [1.29, 1.82) is 0 Å². The summed E-state index contributed by atoms with van der Waals surface area (Å²) in [6.07, 6.45) is 12.7. The van der Waals surface area contributed by atoms with Gasteiger partial charge in [0.2, 0.25) is 0 Å². The molecule has 0 rings (SSSR count). The average Bonchev–Trinajstić information content (AvgIpc) is 2.44. The zero-order chi connectivity index (χ0) is 14.7. The Kier molecular flexibility index (Phi) is 8.63. The third-order valence-corrected chi connectivity index (χ3v) is 2.47. The summed E-state index contributed by atoms with van der Waals surface area (Å²) in [6.45, 7) is 13.1. The number of ether oxygens (including phenoxy) is 2. The van der Waals surface area contributed by atoms with Crippen molar-refractivity contribution >= 4 is 0 Å². The average molecular weight is 258 g/mol. The minimum atomic E-state index is 0.700. The molecular weight excluding hydrogens is 236 g/mol. The number of allylic oxidation sites excluding steroid dienone is 9. The van der Waals surface area contributed by atoms with Gasteiger partial charge in [-0.05, 0) is 42.4 Å². The van der Waals surface area contributed by atoms with E-state index >= 15 is 0 Å². The summed E-state index contributed by atoms with van der Waals surface area (Å²) in [4.78, 5) is 0. The third-order valence-electron chi connectivity index (χ3n) is 2.47. The summed E-state index contributed by atoms with van der Waals surface area (Å²) in [5, 5.41) is 0. The Bertz CT molecular complexity index is 446. The summed E-state index contributed by atoms with van der Waals surface area (Å²) in [7, 11) is 3.22. The molecule has 2 nitrogen and oxygen atoms in total. The first-order chi connectivity index (χ1) is 9.12. The molecular formula is C17H22O2. The van der Waals surface area contributed by atoms with Crippen LogP contribution in [0.3, 0.4) is 0 Å². The van der Waals surface area contributed by atoms with Crippen LogP contribution in [0.25, 0.3) is 0 Å². The van der Waals surface area contributed by atoms with E-state index in [-0.39, 0.29) is 0 Å². The topological polar surface area (TPSA) is 18.5 Å². The van der Waals surface area contributed by atoms with Gasteiger partial charge in [0.25, 0.3) is 0 Å². The molecule has 19 heavy (non-hydrogen) atoms. The van der Waals surface area contributed by atoms with E-state index in [0.717, 1.165) is 11.1 Å². The molecule has 0 aromatic rings. The lowest BCUT2D eigenvalue weighted by Gasteiger charge is -2.02. The monoisotopic (exact) mass is 258 g/mol. The van der Waals surface area contributed by atoms with Gasteiger partial charge in [-0.3, -0.25) is 0 Å². The van der Waals surface area contributed by atoms with Gasteiger partial charge in [-0.25, -0.2) is 0 Å². The molecule has 0 unspecified atom stereocenters. The van der Waals surface area contributed by atoms with Gasteiger partial charge in [-0.2, -0.15) is 0 Å². The van der Waals surface area contributed by atoms with Crippen LogP contribution in [-0.4, -0.2) is 14.2 Å². The Hall–Kier alpha value is -2.22. The summed E-state index contributed by atoms with van der Waals surface area (Å²) in [5.41, 5.74) is 2.05. The molecule has 0 amide bonds. The maximum Gasteiger partial charge on any atom is 0.118 e. The van der Waals surface area contributed by atoms with E-state index in [1.165, 1.54) is 0 Å². The van der Waals surface area contributed by atoms with Gasteiger partial charge in [0.05, 0.1) is 14.2 Å². The van der Waals surface area contributed by atoms with Gasteiger partial charge in [0.1, 0.15) is 11.5 Å². The molecule has 0 radical (unpaired) electrons. The molecule has 0 bridgehead atoms. The van der Waals surface area contributed by atoms with Gasteiger partial charge < -0.3 is 9.47 Å². The van der Waals surface area contributed by atoms with Crippen molar-refractivity contribution in [3.05, 3.63) is 84.9 Å². The standard InChI is InChI=1S/C17H22O2/c1-7-15(11-13-17(9-3)19-6)14(4)10-12-16(8-2)18-5/h7-13H,1-3H2,4-6H3/b14-10+,15-11+,16-12+,17-13+. The van der Waals surface area contributed by atoms with E-state index in [1.54, 1.807) is 32.4 Å². The fourth-order valence-corrected chi connectivity index (χ4v) is 1.27. The van der Waals surface area contributed by atoms with Gasteiger partial charge in [0.15, 0.2) is 0 Å². The number of rotatable bonds is 8. The highest BCUT2D eigenvalue weighted by Gasteiger charge is 1.94. The highest BCUT2D eigenvalue weighted by Crippen LogP contribution is 2.12. The first-order valence-corrected chi connectivity index (χ1v) is 5.89. The lowest BCUT2D eigenvalue weighted by molar-refractivity contribution is 0.307. The van der Waals surface area contributed by atoms with E-state index in [9.17, 15) is 0 Å². The Morgan fingerprint density at radius 3 is 1.58 bits per heavy atom. The van der Waals surface area contributed by atoms with Crippen LogP contribution < -0.4 is 0 Å². The highest BCUT2D eigenvalue weighted by molar-refractivity contribution is 5.42. The SMILES string of the molecule is C=C\C(=C/C=C(C)/C(C=C)=C/C=C(\C=C)OC)OC. The number of methoxy groups -OCH3 is 2. The largest absolute Gasteiger partial charge is 0.497 e. The van der Waals surface area contributed by atoms with Crippen LogP contribution in [-0.2, 0) is 9.47 Å². The van der Waals surface area contributed by atoms with E-state index in [4.69, 9.17) is 9.47 Å². The number of hydrogen-bond acceptors (Lipinski definition) is 2. The lowest BCUT2D eigenvalue weighted by Crippen LogP contribution is -1.84. The van der Waals surface area contributed by atoms with Crippen molar-refractivity contribution in [3.8, 4) is 0 Å². The van der Waals surface area contributed by atoms with Crippen molar-refractivity contribution < 1.29 is 9.47 Å².